The summed E-state index contributed by atoms with van der Waals surface area (Å²) in [5, 5.41) is 1.19. The molecule has 150 valence electrons. The van der Waals surface area contributed by atoms with E-state index < -0.39 is 0 Å². The van der Waals surface area contributed by atoms with E-state index in [4.69, 9.17) is 4.74 Å². The summed E-state index contributed by atoms with van der Waals surface area (Å²) in [6.07, 6.45) is 5.43. The Morgan fingerprint density at radius 1 is 1.29 bits per heavy atom. The molecule has 28 heavy (non-hydrogen) atoms. The van der Waals surface area contributed by atoms with Crippen LogP contribution >= 0.6 is 0 Å². The van der Waals surface area contributed by atoms with Gasteiger partial charge in [-0.15, -0.1) is 0 Å². The molecule has 2 aliphatic heterocycles. The number of nitrogens with zero attached hydrogens (tertiary/aromatic N) is 2. The number of benzene rings is 1. The number of carbonyl (C=O) groups excluding carboxylic acids is 2. The van der Waals surface area contributed by atoms with Crippen LogP contribution in [0.25, 0.3) is 10.9 Å². The van der Waals surface area contributed by atoms with E-state index in [0.29, 0.717) is 32.4 Å². The first-order valence-electron chi connectivity index (χ1n) is 10.2. The number of rotatable bonds is 5. The van der Waals surface area contributed by atoms with Crippen LogP contribution in [0.15, 0.2) is 30.5 Å². The summed E-state index contributed by atoms with van der Waals surface area (Å²) in [6.45, 7) is 2.06. The lowest BCUT2D eigenvalue weighted by molar-refractivity contribution is -0.152. The van der Waals surface area contributed by atoms with E-state index in [-0.39, 0.29) is 23.4 Å². The van der Waals surface area contributed by atoms with Gasteiger partial charge in [0.1, 0.15) is 6.10 Å². The number of likely N-dealkylation sites (N-methyl/N-ethyl adjacent to an activating group) is 1. The second-order valence-corrected chi connectivity index (χ2v) is 8.51. The highest BCUT2D eigenvalue weighted by atomic mass is 16.6. The van der Waals surface area contributed by atoms with Gasteiger partial charge in [0.15, 0.2) is 0 Å². The number of cyclic esters (lactones) is 1. The number of nitrogens with one attached hydrogen (secondary N) is 1. The molecule has 2 aliphatic rings. The summed E-state index contributed by atoms with van der Waals surface area (Å²) < 4.78 is 5.61. The minimum absolute atomic E-state index is 0.0216. The van der Waals surface area contributed by atoms with Crippen molar-refractivity contribution < 1.29 is 14.3 Å². The van der Waals surface area contributed by atoms with Gasteiger partial charge >= 0.3 is 5.97 Å². The fourth-order valence-corrected chi connectivity index (χ4v) is 4.68. The number of para-hydroxylation sites is 1. The molecule has 1 aromatic heterocycles. The first kappa shape index (κ1) is 19.0. The number of fused-ring (bicyclic) bond motifs is 1. The van der Waals surface area contributed by atoms with Crippen LogP contribution in [-0.2, 0) is 20.7 Å². The molecule has 1 aromatic carbocycles. The van der Waals surface area contributed by atoms with Crippen molar-refractivity contribution in [3.8, 4) is 0 Å². The molecule has 3 heterocycles. The quantitative estimate of drug-likeness (QED) is 0.806. The Bertz CT molecular complexity index is 865. The Morgan fingerprint density at radius 2 is 2.04 bits per heavy atom. The normalized spacial score (nSPS) is 21.6. The number of likely N-dealkylation sites (tertiary alicyclic amines) is 1. The third-order valence-corrected chi connectivity index (χ3v) is 6.25. The smallest absolute Gasteiger partial charge is 0.312 e. The highest BCUT2D eigenvalue weighted by Gasteiger charge is 2.50. The molecule has 1 spiro atoms. The van der Waals surface area contributed by atoms with Gasteiger partial charge in [-0.3, -0.25) is 9.59 Å². The van der Waals surface area contributed by atoms with E-state index in [1.807, 2.05) is 37.3 Å². The van der Waals surface area contributed by atoms with E-state index in [1.54, 1.807) is 0 Å². The van der Waals surface area contributed by atoms with Crippen molar-refractivity contribution in [1.82, 2.24) is 14.8 Å². The maximum absolute atomic E-state index is 12.7. The van der Waals surface area contributed by atoms with E-state index in [9.17, 15) is 9.59 Å². The van der Waals surface area contributed by atoms with Crippen LogP contribution < -0.4 is 0 Å². The van der Waals surface area contributed by atoms with Crippen LogP contribution in [0.2, 0.25) is 0 Å². The molecule has 4 rings (SSSR count). The van der Waals surface area contributed by atoms with E-state index in [2.05, 4.69) is 22.0 Å². The number of piperidine rings is 1. The lowest BCUT2D eigenvalue weighted by Gasteiger charge is -2.36. The first-order valence-corrected chi connectivity index (χ1v) is 10.2. The zero-order valence-corrected chi connectivity index (χ0v) is 16.7. The summed E-state index contributed by atoms with van der Waals surface area (Å²) in [4.78, 5) is 32.4. The molecule has 1 N–H and O–H groups in total. The standard InChI is InChI=1S/C22H29N3O3/c1-24(2)15-17-13-22(21(27)28-17)9-11-25(12-10-22)20(26)8-7-16-14-23-19-6-4-3-5-18(16)19/h3-6,14,17,23H,7-13,15H2,1-2H3. The van der Waals surface area contributed by atoms with Gasteiger partial charge in [-0.05, 0) is 45.0 Å². The second kappa shape index (κ2) is 7.59. The number of esters is 1. The highest BCUT2D eigenvalue weighted by Crippen LogP contribution is 2.43. The lowest BCUT2D eigenvalue weighted by atomic mass is 9.76. The molecule has 2 saturated heterocycles. The third-order valence-electron chi connectivity index (χ3n) is 6.25. The average molecular weight is 383 g/mol. The number of H-pyrrole nitrogens is 1. The van der Waals surface area contributed by atoms with Crippen molar-refractivity contribution in [3.05, 3.63) is 36.0 Å². The Labute approximate surface area is 165 Å². The maximum atomic E-state index is 12.7. The SMILES string of the molecule is CN(C)CC1CC2(CCN(C(=O)CCc3c[nH]c4ccccc34)CC2)C(=O)O1. The van der Waals surface area contributed by atoms with E-state index in [0.717, 1.165) is 24.9 Å². The number of aryl methyl sites for hydroxylation is 1. The predicted molar refractivity (Wildman–Crippen MR) is 108 cm³/mol. The van der Waals surface area contributed by atoms with Crippen molar-refractivity contribution in [3.63, 3.8) is 0 Å². The van der Waals surface area contributed by atoms with Crippen molar-refractivity contribution in [2.75, 3.05) is 33.7 Å². The van der Waals surface area contributed by atoms with Gasteiger partial charge in [0.2, 0.25) is 5.91 Å². The lowest BCUT2D eigenvalue weighted by Crippen LogP contribution is -2.45. The fraction of sp³-hybridized carbons (Fsp3) is 0.545. The van der Waals surface area contributed by atoms with Crippen LogP contribution in [0.5, 0.6) is 0 Å². The third kappa shape index (κ3) is 3.65. The van der Waals surface area contributed by atoms with Crippen LogP contribution in [0.4, 0.5) is 0 Å². The summed E-state index contributed by atoms with van der Waals surface area (Å²) in [6, 6.07) is 8.17. The number of hydrogen-bond acceptors (Lipinski definition) is 4. The minimum Gasteiger partial charge on any atom is -0.461 e. The molecule has 2 aromatic rings. The molecule has 2 fully saturated rings. The van der Waals surface area contributed by atoms with Crippen LogP contribution in [0, 0.1) is 5.41 Å². The van der Waals surface area contributed by atoms with Crippen LogP contribution in [-0.4, -0.2) is 66.5 Å². The fourth-order valence-electron chi connectivity index (χ4n) is 4.68. The Morgan fingerprint density at radius 3 is 2.79 bits per heavy atom. The van der Waals surface area contributed by atoms with E-state index >= 15 is 0 Å². The number of amides is 1. The molecular weight excluding hydrogens is 354 g/mol. The molecule has 0 saturated carbocycles. The first-order chi connectivity index (χ1) is 13.5. The molecule has 1 atom stereocenters. The summed E-state index contributed by atoms with van der Waals surface area (Å²) in [5.41, 5.74) is 1.91. The molecule has 1 unspecified atom stereocenters. The minimum atomic E-state index is -0.381. The van der Waals surface area contributed by atoms with Gasteiger partial charge in [-0.25, -0.2) is 0 Å². The van der Waals surface area contributed by atoms with Crippen molar-refractivity contribution >= 4 is 22.8 Å². The predicted octanol–water partition coefficient (Wildman–Crippen LogP) is 2.59. The Balaban J connectivity index is 1.31. The van der Waals surface area contributed by atoms with Crippen LogP contribution in [0.3, 0.4) is 0 Å². The molecular formula is C22H29N3O3. The van der Waals surface area contributed by atoms with E-state index in [1.165, 1.54) is 10.9 Å². The van der Waals surface area contributed by atoms with Gasteiger partial charge in [-0.1, -0.05) is 18.2 Å². The Hall–Kier alpha value is -2.34. The number of carbonyl (C=O) groups is 2. The monoisotopic (exact) mass is 383 g/mol. The summed E-state index contributed by atoms with van der Waals surface area (Å²) in [7, 11) is 3.99. The number of ether oxygens (including phenoxy) is 1. The van der Waals surface area contributed by atoms with Gasteiger partial charge in [0, 0.05) is 49.6 Å². The van der Waals surface area contributed by atoms with Crippen LogP contribution in [0.1, 0.15) is 31.2 Å². The summed E-state index contributed by atoms with van der Waals surface area (Å²) >= 11 is 0. The van der Waals surface area contributed by atoms with Gasteiger partial charge in [0.25, 0.3) is 0 Å². The molecule has 0 radical (unpaired) electrons. The molecule has 1 amide bonds. The molecule has 0 aliphatic carbocycles. The second-order valence-electron chi connectivity index (χ2n) is 8.51. The largest absolute Gasteiger partial charge is 0.461 e. The van der Waals surface area contributed by atoms with Crippen molar-refractivity contribution in [2.45, 2.75) is 38.2 Å². The average Bonchev–Trinajstić information content (AvgIpc) is 3.21. The maximum Gasteiger partial charge on any atom is 0.312 e. The molecule has 6 nitrogen and oxygen atoms in total. The van der Waals surface area contributed by atoms with Gasteiger partial charge in [-0.2, -0.15) is 0 Å². The summed E-state index contributed by atoms with van der Waals surface area (Å²) in [5.74, 6) is 0.113. The topological polar surface area (TPSA) is 65.6 Å². The number of aromatic amines is 1. The van der Waals surface area contributed by atoms with Crippen molar-refractivity contribution in [2.24, 2.45) is 5.41 Å². The Kier molecular flexibility index (Phi) is 5.15. The molecule has 6 heteroatoms. The van der Waals surface area contributed by atoms with Gasteiger partial charge in [0.05, 0.1) is 5.41 Å². The zero-order chi connectivity index (χ0) is 19.7. The van der Waals surface area contributed by atoms with Gasteiger partial charge < -0.3 is 19.5 Å². The highest BCUT2D eigenvalue weighted by molar-refractivity contribution is 5.84. The number of hydrogen-bond donors (Lipinski definition) is 1. The molecule has 0 bridgehead atoms. The zero-order valence-electron chi connectivity index (χ0n) is 16.7. The van der Waals surface area contributed by atoms with Crippen molar-refractivity contribution in [1.29, 1.82) is 0 Å². The number of aromatic nitrogens is 1.